The minimum absolute atomic E-state index is 0.00956. The molecule has 200 valence electrons. The zero-order valence-corrected chi connectivity index (χ0v) is 20.5. The van der Waals surface area contributed by atoms with E-state index in [2.05, 4.69) is 15.2 Å². The third-order valence-electron chi connectivity index (χ3n) is 8.14. The van der Waals surface area contributed by atoms with Gasteiger partial charge in [-0.1, -0.05) is 0 Å². The molecule has 1 aromatic carbocycles. The van der Waals surface area contributed by atoms with Crippen molar-refractivity contribution in [1.82, 2.24) is 20.1 Å². The molecule has 1 unspecified atom stereocenters. The van der Waals surface area contributed by atoms with E-state index in [4.69, 9.17) is 4.74 Å². The maximum Gasteiger partial charge on any atom is 0.417 e. The van der Waals surface area contributed by atoms with Gasteiger partial charge in [-0.25, -0.2) is 0 Å². The quantitative estimate of drug-likeness (QED) is 0.600. The number of carbonyl (C=O) groups excluding carboxylic acids is 3. The number of piperidine rings is 1. The summed E-state index contributed by atoms with van der Waals surface area (Å²) in [6, 6.07) is 6.04. The van der Waals surface area contributed by atoms with Crippen LogP contribution in [0.4, 0.5) is 13.2 Å². The van der Waals surface area contributed by atoms with Crippen molar-refractivity contribution in [3.63, 3.8) is 0 Å². The predicted octanol–water partition coefficient (Wildman–Crippen LogP) is 3.26. The van der Waals surface area contributed by atoms with Crippen molar-refractivity contribution in [2.75, 3.05) is 13.1 Å². The van der Waals surface area contributed by atoms with Gasteiger partial charge in [0.15, 0.2) is 0 Å². The molecule has 8 nitrogen and oxygen atoms in total. The van der Waals surface area contributed by atoms with Crippen molar-refractivity contribution in [1.29, 1.82) is 0 Å². The van der Waals surface area contributed by atoms with Gasteiger partial charge in [0.1, 0.15) is 17.9 Å². The molecule has 3 fully saturated rings. The maximum absolute atomic E-state index is 13.1. The van der Waals surface area contributed by atoms with Crippen molar-refractivity contribution in [3.8, 4) is 5.75 Å². The zero-order valence-electron chi connectivity index (χ0n) is 20.5. The van der Waals surface area contributed by atoms with E-state index in [1.807, 2.05) is 6.07 Å². The van der Waals surface area contributed by atoms with Gasteiger partial charge in [-0.05, 0) is 61.1 Å². The van der Waals surface area contributed by atoms with Gasteiger partial charge in [-0.2, -0.15) is 13.2 Å². The first-order valence-electron chi connectivity index (χ1n) is 12.9. The summed E-state index contributed by atoms with van der Waals surface area (Å²) in [6.07, 6.45) is 1.24. The smallest absolute Gasteiger partial charge is 0.417 e. The number of nitrogens with zero attached hydrogens (tertiary/aromatic N) is 3. The Morgan fingerprint density at radius 2 is 1.84 bits per heavy atom. The number of benzene rings is 1. The number of hydrogen-bond acceptors (Lipinski definition) is 6. The second kappa shape index (κ2) is 9.37. The highest BCUT2D eigenvalue weighted by atomic mass is 19.4. The maximum atomic E-state index is 13.1. The van der Waals surface area contributed by atoms with Crippen LogP contribution >= 0.6 is 0 Å². The van der Waals surface area contributed by atoms with Crippen LogP contribution in [0.15, 0.2) is 36.7 Å². The molecule has 0 spiro atoms. The fourth-order valence-electron chi connectivity index (χ4n) is 6.09. The van der Waals surface area contributed by atoms with Gasteiger partial charge in [0.05, 0.1) is 5.56 Å². The molecule has 0 radical (unpaired) electrons. The summed E-state index contributed by atoms with van der Waals surface area (Å²) in [6.45, 7) is 1.60. The van der Waals surface area contributed by atoms with E-state index < -0.39 is 23.7 Å². The Bertz CT molecular complexity index is 1290. The molecule has 3 amide bonds. The van der Waals surface area contributed by atoms with Gasteiger partial charge in [-0.3, -0.25) is 29.6 Å². The number of aromatic nitrogens is 1. The molecule has 1 N–H and O–H groups in total. The number of amides is 3. The highest BCUT2D eigenvalue weighted by Gasteiger charge is 2.42. The molecule has 1 aliphatic carbocycles. The minimum Gasteiger partial charge on any atom is -0.489 e. The summed E-state index contributed by atoms with van der Waals surface area (Å²) < 4.78 is 45.6. The molecule has 1 saturated carbocycles. The van der Waals surface area contributed by atoms with Crippen molar-refractivity contribution < 1.29 is 32.3 Å². The molecule has 1 aromatic heterocycles. The predicted molar refractivity (Wildman–Crippen MR) is 128 cm³/mol. The molecule has 6 rings (SSSR count). The van der Waals surface area contributed by atoms with Crippen molar-refractivity contribution in [2.45, 2.75) is 68.9 Å². The van der Waals surface area contributed by atoms with Crippen molar-refractivity contribution in [3.05, 3.63) is 58.9 Å². The number of carbonyl (C=O) groups is 3. The van der Waals surface area contributed by atoms with Crippen molar-refractivity contribution in [2.24, 2.45) is 0 Å². The van der Waals surface area contributed by atoms with Crippen molar-refractivity contribution >= 4 is 17.7 Å². The molecule has 11 heteroatoms. The third kappa shape index (κ3) is 4.53. The number of alkyl halides is 3. The fourth-order valence-corrected chi connectivity index (χ4v) is 6.09. The average Bonchev–Trinajstić information content (AvgIpc) is 3.42. The van der Waals surface area contributed by atoms with Gasteiger partial charge in [0.2, 0.25) is 11.8 Å². The summed E-state index contributed by atoms with van der Waals surface area (Å²) >= 11 is 0. The largest absolute Gasteiger partial charge is 0.489 e. The van der Waals surface area contributed by atoms with Crippen LogP contribution in [0, 0.1) is 0 Å². The fraction of sp³-hybridized carbons (Fsp3) is 0.481. The average molecular weight is 529 g/mol. The lowest BCUT2D eigenvalue weighted by Gasteiger charge is -2.45. The third-order valence-corrected chi connectivity index (χ3v) is 8.14. The van der Waals surface area contributed by atoms with Gasteiger partial charge < -0.3 is 9.64 Å². The Kier molecular flexibility index (Phi) is 6.13. The summed E-state index contributed by atoms with van der Waals surface area (Å²) in [5.41, 5.74) is 1.20. The number of imide groups is 1. The molecule has 2 aromatic rings. The monoisotopic (exact) mass is 528 g/mol. The minimum atomic E-state index is -4.41. The molecule has 0 bridgehead atoms. The number of rotatable bonds is 5. The Morgan fingerprint density at radius 3 is 2.61 bits per heavy atom. The van der Waals surface area contributed by atoms with Crippen LogP contribution in [-0.2, 0) is 22.3 Å². The van der Waals surface area contributed by atoms with Crippen LogP contribution in [0.25, 0.3) is 0 Å². The van der Waals surface area contributed by atoms with E-state index in [9.17, 15) is 27.6 Å². The second-order valence-corrected chi connectivity index (χ2v) is 10.5. The molecule has 2 saturated heterocycles. The van der Waals surface area contributed by atoms with Crippen LogP contribution in [0.3, 0.4) is 0 Å². The Hall–Kier alpha value is -3.47. The first-order valence-corrected chi connectivity index (χ1v) is 12.9. The lowest BCUT2D eigenvalue weighted by molar-refractivity contribution is -0.138. The highest BCUT2D eigenvalue weighted by molar-refractivity contribution is 6.05. The van der Waals surface area contributed by atoms with Gasteiger partial charge >= 0.3 is 6.18 Å². The van der Waals surface area contributed by atoms with E-state index >= 15 is 0 Å². The summed E-state index contributed by atoms with van der Waals surface area (Å²) in [5.74, 6) is -0.331. The van der Waals surface area contributed by atoms with Gasteiger partial charge in [0.25, 0.3) is 5.91 Å². The normalized spacial score (nSPS) is 26.3. The van der Waals surface area contributed by atoms with Crippen LogP contribution in [0.2, 0.25) is 0 Å². The molecular formula is C27H27F3N4O4. The van der Waals surface area contributed by atoms with Crippen LogP contribution in [-0.4, -0.2) is 63.8 Å². The zero-order chi connectivity index (χ0) is 26.6. The van der Waals surface area contributed by atoms with Crippen LogP contribution in [0.1, 0.15) is 65.1 Å². The number of ether oxygens (including phenoxy) is 1. The topological polar surface area (TPSA) is 91.8 Å². The first kappa shape index (κ1) is 24.8. The van der Waals surface area contributed by atoms with E-state index in [1.54, 1.807) is 12.1 Å². The molecule has 38 heavy (non-hydrogen) atoms. The van der Waals surface area contributed by atoms with E-state index in [1.165, 1.54) is 17.2 Å². The molecule has 4 heterocycles. The molecule has 3 aliphatic heterocycles. The number of hydrogen-bond donors (Lipinski definition) is 1. The summed E-state index contributed by atoms with van der Waals surface area (Å²) in [4.78, 5) is 44.3. The van der Waals surface area contributed by atoms with Crippen LogP contribution < -0.4 is 10.1 Å². The highest BCUT2D eigenvalue weighted by Crippen LogP contribution is 2.38. The number of fused-ring (bicyclic) bond motifs is 1. The summed E-state index contributed by atoms with van der Waals surface area (Å²) in [5, 5.41) is 2.31. The lowest BCUT2D eigenvalue weighted by Crippen LogP contribution is -2.54. The summed E-state index contributed by atoms with van der Waals surface area (Å²) in [7, 11) is 0. The molecule has 4 aliphatic rings. The Balaban J connectivity index is 1.09. The second-order valence-electron chi connectivity index (χ2n) is 10.5. The van der Waals surface area contributed by atoms with Gasteiger partial charge in [0, 0.05) is 56.0 Å². The van der Waals surface area contributed by atoms with E-state index in [-0.39, 0.29) is 42.8 Å². The van der Waals surface area contributed by atoms with Crippen LogP contribution in [0.5, 0.6) is 5.75 Å². The lowest BCUT2D eigenvalue weighted by atomic mass is 9.89. The standard InChI is InChI=1S/C27H27F3N4O4/c28-27(29,30)18-8-15(10-31-11-18)17-12-33(13-17)21-2-1-3-23(21)38-19-4-5-20-16(9-19)14-34(26(20)37)22-6-7-24(35)32-25(22)36/h4-5,8-11,17,21-23H,1-3,6-7,12-14H2,(H,32,35,36)/t21-,22?,23+/m1/s1. The Labute approximate surface area is 217 Å². The molecular weight excluding hydrogens is 501 g/mol. The number of pyridine rings is 1. The van der Waals surface area contributed by atoms with E-state index in [0.717, 1.165) is 31.0 Å². The van der Waals surface area contributed by atoms with Gasteiger partial charge in [-0.15, -0.1) is 0 Å². The SMILES string of the molecule is O=C1CCC(N2Cc3cc(O[C@H]4CCC[C@H]4N4CC(c5cncc(C(F)(F)F)c5)C4)ccc3C2=O)C(=O)N1. The Morgan fingerprint density at radius 1 is 1.03 bits per heavy atom. The first-order chi connectivity index (χ1) is 18.2. The van der Waals surface area contributed by atoms with E-state index in [0.29, 0.717) is 36.4 Å². The number of likely N-dealkylation sites (tertiary alicyclic amines) is 1. The number of nitrogens with one attached hydrogen (secondary N) is 1. The number of halogens is 3. The molecule has 3 atom stereocenters.